The summed E-state index contributed by atoms with van der Waals surface area (Å²) in [5.74, 6) is 0.969. The molecule has 0 amide bonds. The molecule has 2 unspecified atom stereocenters. The van der Waals surface area contributed by atoms with E-state index >= 15 is 0 Å². The third kappa shape index (κ3) is 1.47. The van der Waals surface area contributed by atoms with Gasteiger partial charge in [0.15, 0.2) is 0 Å². The minimum atomic E-state index is 0.333. The fourth-order valence-corrected chi connectivity index (χ4v) is 3.91. The summed E-state index contributed by atoms with van der Waals surface area (Å²) in [6.07, 6.45) is 9.54. The molecule has 5 heteroatoms. The second kappa shape index (κ2) is 4.19. The summed E-state index contributed by atoms with van der Waals surface area (Å²) < 4.78 is 0. The van der Waals surface area contributed by atoms with Gasteiger partial charge in [0.25, 0.3) is 0 Å². The van der Waals surface area contributed by atoms with E-state index in [4.69, 9.17) is 5.73 Å². The van der Waals surface area contributed by atoms with Crippen molar-refractivity contribution in [2.45, 2.75) is 51.1 Å². The largest absolute Gasteiger partial charge is 0.366 e. The van der Waals surface area contributed by atoms with Gasteiger partial charge in [-0.05, 0) is 31.2 Å². The highest BCUT2D eigenvalue weighted by molar-refractivity contribution is 5.90. The maximum atomic E-state index is 6.23. The van der Waals surface area contributed by atoms with Crippen LogP contribution >= 0.6 is 0 Å². The van der Waals surface area contributed by atoms with Crippen LogP contribution in [0.25, 0.3) is 11.0 Å². The van der Waals surface area contributed by atoms with Gasteiger partial charge in [0.1, 0.15) is 17.8 Å². The van der Waals surface area contributed by atoms with E-state index in [0.29, 0.717) is 17.5 Å². The molecule has 2 aromatic heterocycles. The first-order valence-electron chi connectivity index (χ1n) is 7.57. The molecule has 0 bridgehead atoms. The lowest BCUT2D eigenvalue weighted by Crippen LogP contribution is -2.67. The van der Waals surface area contributed by atoms with E-state index in [1.165, 1.54) is 24.8 Å². The van der Waals surface area contributed by atoms with Gasteiger partial charge in [-0.15, -0.1) is 0 Å². The number of hydrogen-bond donors (Lipinski definition) is 3. The van der Waals surface area contributed by atoms with E-state index in [0.717, 1.165) is 29.7 Å². The average Bonchev–Trinajstić information content (AvgIpc) is 2.80. The minimum Gasteiger partial charge on any atom is -0.366 e. The van der Waals surface area contributed by atoms with Gasteiger partial charge < -0.3 is 16.0 Å². The lowest BCUT2D eigenvalue weighted by Gasteiger charge is -2.60. The molecule has 2 aromatic rings. The van der Waals surface area contributed by atoms with Crippen LogP contribution in [-0.4, -0.2) is 27.0 Å². The van der Waals surface area contributed by atoms with Crippen LogP contribution in [0.3, 0.4) is 0 Å². The van der Waals surface area contributed by atoms with Gasteiger partial charge in [0.2, 0.25) is 0 Å². The Balaban J connectivity index is 1.68. The van der Waals surface area contributed by atoms with E-state index in [-0.39, 0.29) is 0 Å². The monoisotopic (exact) mass is 271 g/mol. The van der Waals surface area contributed by atoms with Crippen LogP contribution in [0.1, 0.15) is 38.2 Å². The summed E-state index contributed by atoms with van der Waals surface area (Å²) in [6.45, 7) is 2.16. The highest BCUT2D eigenvalue weighted by atomic mass is 15.1. The summed E-state index contributed by atoms with van der Waals surface area (Å²) in [7, 11) is 0. The van der Waals surface area contributed by atoms with Gasteiger partial charge >= 0.3 is 0 Å². The molecule has 0 saturated heterocycles. The van der Waals surface area contributed by atoms with Crippen LogP contribution in [0, 0.1) is 5.41 Å². The van der Waals surface area contributed by atoms with Gasteiger partial charge in [0, 0.05) is 23.7 Å². The summed E-state index contributed by atoms with van der Waals surface area (Å²) in [5.41, 5.74) is 8.76. The molecule has 2 aliphatic carbocycles. The number of anilines is 1. The molecular formula is C15H21N5. The van der Waals surface area contributed by atoms with Crippen molar-refractivity contribution in [1.82, 2.24) is 15.0 Å². The first-order chi connectivity index (χ1) is 9.74. The Morgan fingerprint density at radius 1 is 1.45 bits per heavy atom. The molecule has 5 nitrogen and oxygen atoms in total. The Morgan fingerprint density at radius 3 is 2.95 bits per heavy atom. The van der Waals surface area contributed by atoms with Crippen LogP contribution < -0.4 is 11.1 Å². The number of aryl methyl sites for hydroxylation is 1. The SMILES string of the molecule is CCc1c[nH]c2ncnc(NC3CC(N)C34CCC4)c12. The second-order valence-electron chi connectivity index (χ2n) is 6.24. The molecule has 4 rings (SSSR count). The van der Waals surface area contributed by atoms with Crippen molar-refractivity contribution >= 4 is 16.9 Å². The quantitative estimate of drug-likeness (QED) is 0.799. The zero-order chi connectivity index (χ0) is 13.7. The Bertz CT molecular complexity index is 643. The molecule has 0 radical (unpaired) electrons. The average molecular weight is 271 g/mol. The number of nitrogens with one attached hydrogen (secondary N) is 2. The summed E-state index contributed by atoms with van der Waals surface area (Å²) in [4.78, 5) is 12.0. The molecule has 20 heavy (non-hydrogen) atoms. The third-order valence-corrected chi connectivity index (χ3v) is 5.45. The van der Waals surface area contributed by atoms with Crippen LogP contribution in [0.2, 0.25) is 0 Å². The number of hydrogen-bond acceptors (Lipinski definition) is 4. The predicted octanol–water partition coefficient (Wildman–Crippen LogP) is 2.20. The first kappa shape index (κ1) is 12.1. The Hall–Kier alpha value is -1.62. The lowest BCUT2D eigenvalue weighted by atomic mass is 9.50. The van der Waals surface area contributed by atoms with Crippen molar-refractivity contribution in [3.63, 3.8) is 0 Å². The van der Waals surface area contributed by atoms with Crippen LogP contribution in [0.15, 0.2) is 12.5 Å². The predicted molar refractivity (Wildman–Crippen MR) is 79.6 cm³/mol. The highest BCUT2D eigenvalue weighted by Crippen LogP contribution is 2.56. The molecule has 2 aliphatic rings. The minimum absolute atomic E-state index is 0.333. The molecule has 0 aliphatic heterocycles. The van der Waals surface area contributed by atoms with E-state index in [9.17, 15) is 0 Å². The van der Waals surface area contributed by atoms with Gasteiger partial charge in [-0.25, -0.2) is 9.97 Å². The number of aromatic nitrogens is 3. The number of fused-ring (bicyclic) bond motifs is 1. The van der Waals surface area contributed by atoms with E-state index < -0.39 is 0 Å². The molecule has 2 heterocycles. The maximum Gasteiger partial charge on any atom is 0.143 e. The van der Waals surface area contributed by atoms with Crippen molar-refractivity contribution < 1.29 is 0 Å². The van der Waals surface area contributed by atoms with Gasteiger partial charge in [-0.3, -0.25) is 0 Å². The van der Waals surface area contributed by atoms with Crippen LogP contribution in [-0.2, 0) is 6.42 Å². The smallest absolute Gasteiger partial charge is 0.143 e. The summed E-state index contributed by atoms with van der Waals surface area (Å²) >= 11 is 0. The van der Waals surface area contributed by atoms with Gasteiger partial charge in [-0.1, -0.05) is 13.3 Å². The first-order valence-corrected chi connectivity index (χ1v) is 7.57. The van der Waals surface area contributed by atoms with E-state index in [1.807, 2.05) is 6.20 Å². The summed E-state index contributed by atoms with van der Waals surface area (Å²) in [6, 6.07) is 0.840. The highest BCUT2D eigenvalue weighted by Gasteiger charge is 2.56. The number of rotatable bonds is 3. The van der Waals surface area contributed by atoms with Gasteiger partial charge in [0.05, 0.1) is 5.39 Å². The molecule has 0 aromatic carbocycles. The van der Waals surface area contributed by atoms with Crippen molar-refractivity contribution in [3.05, 3.63) is 18.1 Å². The number of H-pyrrole nitrogens is 1. The second-order valence-corrected chi connectivity index (χ2v) is 6.24. The summed E-state index contributed by atoms with van der Waals surface area (Å²) in [5, 5.41) is 4.80. The van der Waals surface area contributed by atoms with Crippen LogP contribution in [0.4, 0.5) is 5.82 Å². The molecule has 1 spiro atoms. The lowest BCUT2D eigenvalue weighted by molar-refractivity contribution is -0.0146. The maximum absolute atomic E-state index is 6.23. The normalized spacial score (nSPS) is 27.3. The van der Waals surface area contributed by atoms with Crippen molar-refractivity contribution in [2.75, 3.05) is 5.32 Å². The zero-order valence-electron chi connectivity index (χ0n) is 11.8. The van der Waals surface area contributed by atoms with Crippen molar-refractivity contribution in [2.24, 2.45) is 11.1 Å². The van der Waals surface area contributed by atoms with E-state index in [2.05, 4.69) is 27.2 Å². The number of nitrogens with two attached hydrogens (primary N) is 1. The molecule has 2 fully saturated rings. The molecule has 2 saturated carbocycles. The van der Waals surface area contributed by atoms with Crippen LogP contribution in [0.5, 0.6) is 0 Å². The molecular weight excluding hydrogens is 250 g/mol. The van der Waals surface area contributed by atoms with E-state index in [1.54, 1.807) is 6.33 Å². The Kier molecular flexibility index (Phi) is 2.54. The van der Waals surface area contributed by atoms with Crippen molar-refractivity contribution in [1.29, 1.82) is 0 Å². The zero-order valence-corrected chi connectivity index (χ0v) is 11.8. The Labute approximate surface area is 118 Å². The van der Waals surface area contributed by atoms with Gasteiger partial charge in [-0.2, -0.15) is 0 Å². The number of nitrogens with zero attached hydrogens (tertiary/aromatic N) is 2. The molecule has 4 N–H and O–H groups in total. The topological polar surface area (TPSA) is 79.6 Å². The third-order valence-electron chi connectivity index (χ3n) is 5.45. The number of aromatic amines is 1. The fourth-order valence-electron chi connectivity index (χ4n) is 3.91. The standard InChI is InChI=1S/C15H21N5/c1-2-9-7-17-13-12(9)14(19-8-18-13)20-11-6-10(16)15(11)4-3-5-15/h7-8,10-11H,2-6,16H2,1H3,(H2,17,18,19,20). The molecule has 2 atom stereocenters. The van der Waals surface area contributed by atoms with Crippen molar-refractivity contribution in [3.8, 4) is 0 Å². The molecule has 106 valence electrons. The Morgan fingerprint density at radius 2 is 2.30 bits per heavy atom. The fraction of sp³-hybridized carbons (Fsp3) is 0.600.